The first-order chi connectivity index (χ1) is 16.5. The summed E-state index contributed by atoms with van der Waals surface area (Å²) in [5.41, 5.74) is -3.17. The third kappa shape index (κ3) is 5.43. The molecule has 1 aliphatic heterocycles. The van der Waals surface area contributed by atoms with Gasteiger partial charge in [0.25, 0.3) is 15.7 Å². The maximum absolute atomic E-state index is 13.1. The first kappa shape index (κ1) is 24.6. The maximum Gasteiger partial charge on any atom is 0.501 e. The number of sulfone groups is 1. The van der Waals surface area contributed by atoms with E-state index in [4.69, 9.17) is 0 Å². The molecular formula is C23H20F4N4O3S. The highest BCUT2D eigenvalue weighted by Gasteiger charge is 2.46. The molecule has 1 fully saturated rings. The van der Waals surface area contributed by atoms with Crippen molar-refractivity contribution in [2.45, 2.75) is 16.9 Å². The lowest BCUT2D eigenvalue weighted by Crippen LogP contribution is -2.26. The van der Waals surface area contributed by atoms with E-state index in [-0.39, 0.29) is 0 Å². The summed E-state index contributed by atoms with van der Waals surface area (Å²) < 4.78 is 74.5. The lowest BCUT2D eigenvalue weighted by Gasteiger charge is -2.21. The molecule has 1 aromatic heterocycles. The number of alkyl halides is 3. The first-order valence-electron chi connectivity index (χ1n) is 10.4. The van der Waals surface area contributed by atoms with Crippen molar-refractivity contribution >= 4 is 27.1 Å². The summed E-state index contributed by atoms with van der Waals surface area (Å²) in [6.07, 6.45) is 3.11. The molecule has 2 heterocycles. The normalized spacial score (nSPS) is 14.8. The summed E-state index contributed by atoms with van der Waals surface area (Å²) in [5, 5.41) is 2.78. The Kier molecular flexibility index (Phi) is 6.77. The monoisotopic (exact) mass is 508 g/mol. The SMILES string of the molecule is O=C(Nc1cnccc1CN1CCN(c2ccc(S(=O)(=O)C(F)(F)F)cc2)C1)c1ccc(F)cc1. The number of carbonyl (C=O) groups excluding carboxylic acids is 1. The number of amides is 1. The molecule has 0 unspecified atom stereocenters. The van der Waals surface area contributed by atoms with Crippen LogP contribution in [0.3, 0.4) is 0 Å². The van der Waals surface area contributed by atoms with Crippen molar-refractivity contribution in [3.8, 4) is 0 Å². The van der Waals surface area contributed by atoms with E-state index in [1.54, 1.807) is 12.3 Å². The molecule has 3 aromatic rings. The molecule has 12 heteroatoms. The Hall–Kier alpha value is -3.51. The minimum atomic E-state index is -5.39. The van der Waals surface area contributed by atoms with Crippen LogP contribution in [0.1, 0.15) is 15.9 Å². The van der Waals surface area contributed by atoms with Gasteiger partial charge in [0.15, 0.2) is 0 Å². The van der Waals surface area contributed by atoms with E-state index < -0.39 is 32.0 Å². The standard InChI is InChI=1S/C23H20F4N4O3S/c24-18-3-1-16(2-4-18)22(32)29-21-13-28-10-9-17(21)14-30-11-12-31(15-30)19-5-7-20(8-6-19)35(33,34)23(25,26)27/h1-10,13H,11-12,14-15H2,(H,29,32). The molecule has 2 aromatic carbocycles. The van der Waals surface area contributed by atoms with Gasteiger partial charge in [0, 0.05) is 37.1 Å². The van der Waals surface area contributed by atoms with Crippen molar-refractivity contribution < 1.29 is 30.8 Å². The Morgan fingerprint density at radius 3 is 2.34 bits per heavy atom. The number of hydrogen-bond donors (Lipinski definition) is 1. The molecule has 35 heavy (non-hydrogen) atoms. The van der Waals surface area contributed by atoms with Gasteiger partial charge in [-0.05, 0) is 60.2 Å². The van der Waals surface area contributed by atoms with E-state index in [0.29, 0.717) is 43.2 Å². The highest BCUT2D eigenvalue weighted by molar-refractivity contribution is 7.92. The number of benzene rings is 2. The number of nitrogens with one attached hydrogen (secondary N) is 1. The van der Waals surface area contributed by atoms with Gasteiger partial charge in [0.05, 0.1) is 23.4 Å². The van der Waals surface area contributed by atoms with E-state index in [1.807, 2.05) is 4.90 Å². The lowest BCUT2D eigenvalue weighted by molar-refractivity contribution is -0.0436. The summed E-state index contributed by atoms with van der Waals surface area (Å²) in [5.74, 6) is -0.852. The van der Waals surface area contributed by atoms with Crippen molar-refractivity contribution in [2.75, 3.05) is 30.0 Å². The smallest absolute Gasteiger partial charge is 0.357 e. The lowest BCUT2D eigenvalue weighted by atomic mass is 10.1. The van der Waals surface area contributed by atoms with Gasteiger partial charge < -0.3 is 10.2 Å². The Morgan fingerprint density at radius 2 is 1.69 bits per heavy atom. The molecule has 0 aliphatic carbocycles. The fourth-order valence-corrected chi connectivity index (χ4v) is 4.43. The zero-order chi connectivity index (χ0) is 25.2. The maximum atomic E-state index is 13.1. The van der Waals surface area contributed by atoms with E-state index in [2.05, 4.69) is 15.2 Å². The highest BCUT2D eigenvalue weighted by atomic mass is 32.2. The highest BCUT2D eigenvalue weighted by Crippen LogP contribution is 2.31. The number of hydrogen-bond acceptors (Lipinski definition) is 6. The molecule has 1 amide bonds. The number of nitrogens with zero attached hydrogens (tertiary/aromatic N) is 3. The van der Waals surface area contributed by atoms with Gasteiger partial charge in [0.2, 0.25) is 0 Å². The Morgan fingerprint density at radius 1 is 1.00 bits per heavy atom. The molecule has 0 spiro atoms. The predicted octanol–water partition coefficient (Wildman–Crippen LogP) is 4.05. The van der Waals surface area contributed by atoms with Crippen molar-refractivity contribution in [1.82, 2.24) is 9.88 Å². The van der Waals surface area contributed by atoms with Crippen molar-refractivity contribution in [3.63, 3.8) is 0 Å². The summed E-state index contributed by atoms with van der Waals surface area (Å²) in [6, 6.07) is 11.5. The van der Waals surface area contributed by atoms with Crippen LogP contribution in [0.5, 0.6) is 0 Å². The zero-order valence-electron chi connectivity index (χ0n) is 18.2. The number of halogens is 4. The molecule has 184 valence electrons. The van der Waals surface area contributed by atoms with Crippen LogP contribution in [0.25, 0.3) is 0 Å². The number of carbonyl (C=O) groups is 1. The summed E-state index contributed by atoms with van der Waals surface area (Å²) in [7, 11) is -5.39. The molecule has 0 bridgehead atoms. The second-order valence-corrected chi connectivity index (χ2v) is 9.84. The van der Waals surface area contributed by atoms with Crippen LogP contribution in [0.2, 0.25) is 0 Å². The van der Waals surface area contributed by atoms with Gasteiger partial charge in [-0.15, -0.1) is 0 Å². The van der Waals surface area contributed by atoms with Crippen LogP contribution in [0.15, 0.2) is 71.9 Å². The fourth-order valence-electron chi connectivity index (χ4n) is 3.66. The third-order valence-corrected chi connectivity index (χ3v) is 7.04. The molecular weight excluding hydrogens is 488 g/mol. The Balaban J connectivity index is 1.42. The van der Waals surface area contributed by atoms with E-state index in [1.165, 1.54) is 42.6 Å². The van der Waals surface area contributed by atoms with E-state index in [9.17, 15) is 30.8 Å². The fraction of sp³-hybridized carbons (Fsp3) is 0.217. The van der Waals surface area contributed by atoms with Gasteiger partial charge in [-0.1, -0.05) is 0 Å². The zero-order valence-corrected chi connectivity index (χ0v) is 19.0. The van der Waals surface area contributed by atoms with Crippen molar-refractivity contribution in [2.24, 2.45) is 0 Å². The number of rotatable bonds is 6. The van der Waals surface area contributed by atoms with Crippen LogP contribution >= 0.6 is 0 Å². The van der Waals surface area contributed by atoms with Crippen LogP contribution in [0.4, 0.5) is 28.9 Å². The van der Waals surface area contributed by atoms with Crippen molar-refractivity contribution in [3.05, 3.63) is 83.9 Å². The Labute approximate surface area is 198 Å². The van der Waals surface area contributed by atoms with E-state index in [0.717, 1.165) is 17.7 Å². The van der Waals surface area contributed by atoms with Crippen LogP contribution in [-0.4, -0.2) is 49.5 Å². The van der Waals surface area contributed by atoms with Gasteiger partial charge in [0.1, 0.15) is 5.82 Å². The average Bonchev–Trinajstić information content (AvgIpc) is 3.28. The molecule has 0 radical (unpaired) electrons. The van der Waals surface area contributed by atoms with Crippen molar-refractivity contribution in [1.29, 1.82) is 0 Å². The third-order valence-electron chi connectivity index (χ3n) is 5.53. The second-order valence-electron chi connectivity index (χ2n) is 7.89. The largest absolute Gasteiger partial charge is 0.501 e. The number of aromatic nitrogens is 1. The van der Waals surface area contributed by atoms with Crippen LogP contribution < -0.4 is 10.2 Å². The van der Waals surface area contributed by atoms with E-state index >= 15 is 0 Å². The quantitative estimate of drug-likeness (QED) is 0.506. The molecule has 1 saturated heterocycles. The average molecular weight is 508 g/mol. The molecule has 0 saturated carbocycles. The molecule has 0 atom stereocenters. The van der Waals surface area contributed by atoms with Crippen LogP contribution in [-0.2, 0) is 16.4 Å². The Bertz CT molecular complexity index is 1310. The van der Waals surface area contributed by atoms with Gasteiger partial charge in [-0.3, -0.25) is 14.7 Å². The molecule has 7 nitrogen and oxygen atoms in total. The van der Waals surface area contributed by atoms with Gasteiger partial charge >= 0.3 is 5.51 Å². The summed E-state index contributed by atoms with van der Waals surface area (Å²) in [6.45, 7) is 2.11. The second kappa shape index (κ2) is 9.62. The van der Waals surface area contributed by atoms with Crippen LogP contribution in [0, 0.1) is 5.82 Å². The number of anilines is 2. The minimum Gasteiger partial charge on any atom is -0.357 e. The number of pyridine rings is 1. The molecule has 4 rings (SSSR count). The molecule has 1 aliphatic rings. The predicted molar refractivity (Wildman–Crippen MR) is 121 cm³/mol. The summed E-state index contributed by atoms with van der Waals surface area (Å²) in [4.78, 5) is 19.7. The molecule has 1 N–H and O–H groups in total. The first-order valence-corrected chi connectivity index (χ1v) is 11.9. The van der Waals surface area contributed by atoms with Gasteiger partial charge in [-0.25, -0.2) is 12.8 Å². The summed E-state index contributed by atoms with van der Waals surface area (Å²) >= 11 is 0. The topological polar surface area (TPSA) is 82.6 Å². The minimum absolute atomic E-state index is 0.296. The van der Waals surface area contributed by atoms with Gasteiger partial charge in [-0.2, -0.15) is 13.2 Å².